The van der Waals surface area contributed by atoms with Crippen LogP contribution in [0.4, 0.5) is 4.79 Å². The van der Waals surface area contributed by atoms with Crippen molar-refractivity contribution in [3.8, 4) is 0 Å². The Balaban J connectivity index is 2.56. The third-order valence-electron chi connectivity index (χ3n) is 3.62. The van der Waals surface area contributed by atoms with Crippen molar-refractivity contribution in [2.75, 3.05) is 18.6 Å². The predicted octanol–water partition coefficient (Wildman–Crippen LogP) is 1.04. The van der Waals surface area contributed by atoms with Gasteiger partial charge in [-0.3, -0.25) is 4.21 Å². The fourth-order valence-corrected chi connectivity index (χ4v) is 3.01. The molecule has 1 fully saturated rings. The molecule has 1 aliphatic heterocycles. The van der Waals surface area contributed by atoms with E-state index in [2.05, 4.69) is 5.32 Å². The Morgan fingerprint density at radius 3 is 2.70 bits per heavy atom. The number of hydrogen-bond donors (Lipinski definition) is 2. The lowest BCUT2D eigenvalue weighted by molar-refractivity contribution is -0.143. The second kappa shape index (κ2) is 7.61. The highest BCUT2D eigenvalue weighted by atomic mass is 32.2. The van der Waals surface area contributed by atoms with E-state index >= 15 is 0 Å². The molecule has 0 radical (unpaired) electrons. The van der Waals surface area contributed by atoms with Crippen LogP contribution in [0.15, 0.2) is 0 Å². The third-order valence-corrected chi connectivity index (χ3v) is 4.43. The highest BCUT2D eigenvalue weighted by Crippen LogP contribution is 2.22. The van der Waals surface area contributed by atoms with E-state index in [1.54, 1.807) is 6.26 Å². The van der Waals surface area contributed by atoms with E-state index in [4.69, 9.17) is 0 Å². The highest BCUT2D eigenvalue weighted by molar-refractivity contribution is 7.84. The Bertz CT molecular complexity index is 389. The van der Waals surface area contributed by atoms with Crippen LogP contribution in [0.1, 0.15) is 33.1 Å². The third kappa shape index (κ3) is 5.11. The number of hydrogen-bond acceptors (Lipinski definition) is 3. The first-order chi connectivity index (χ1) is 9.31. The van der Waals surface area contributed by atoms with Gasteiger partial charge in [-0.2, -0.15) is 0 Å². The lowest BCUT2D eigenvalue weighted by atomic mass is 9.93. The molecule has 0 spiro atoms. The van der Waals surface area contributed by atoms with Crippen molar-refractivity contribution >= 4 is 22.8 Å². The van der Waals surface area contributed by atoms with Crippen LogP contribution in [0.3, 0.4) is 0 Å². The van der Waals surface area contributed by atoms with Crippen molar-refractivity contribution in [2.45, 2.75) is 45.2 Å². The summed E-state index contributed by atoms with van der Waals surface area (Å²) in [7, 11) is -0.884. The first-order valence-electron chi connectivity index (χ1n) is 6.91. The first kappa shape index (κ1) is 16.9. The lowest BCUT2D eigenvalue weighted by Gasteiger charge is -2.36. The van der Waals surface area contributed by atoms with Crippen molar-refractivity contribution in [3.05, 3.63) is 0 Å². The summed E-state index contributed by atoms with van der Waals surface area (Å²) in [5.41, 5.74) is 0. The van der Waals surface area contributed by atoms with E-state index in [1.807, 2.05) is 13.8 Å². The Labute approximate surface area is 122 Å². The number of urea groups is 1. The Kier molecular flexibility index (Phi) is 6.45. The number of carboxylic acid groups (broad SMARTS) is 1. The van der Waals surface area contributed by atoms with Crippen molar-refractivity contribution < 1.29 is 18.9 Å². The fourth-order valence-electron chi connectivity index (χ4n) is 2.33. The molecule has 6 nitrogen and oxygen atoms in total. The molecule has 0 saturated carbocycles. The molecule has 1 rings (SSSR count). The molecule has 20 heavy (non-hydrogen) atoms. The quantitative estimate of drug-likeness (QED) is 0.794. The van der Waals surface area contributed by atoms with E-state index < -0.39 is 22.8 Å². The number of nitrogens with zero attached hydrogens (tertiary/aromatic N) is 1. The zero-order chi connectivity index (χ0) is 15.3. The van der Waals surface area contributed by atoms with Gasteiger partial charge in [-0.1, -0.05) is 6.92 Å². The van der Waals surface area contributed by atoms with Gasteiger partial charge in [0, 0.05) is 35.4 Å². The van der Waals surface area contributed by atoms with Crippen LogP contribution in [-0.2, 0) is 15.6 Å². The molecule has 1 aliphatic rings. The Morgan fingerprint density at radius 1 is 1.50 bits per heavy atom. The van der Waals surface area contributed by atoms with Crippen LogP contribution in [-0.4, -0.2) is 56.9 Å². The number of nitrogens with one attached hydrogen (secondary N) is 1. The fraction of sp³-hybridized carbons (Fsp3) is 0.846. The standard InChI is InChI=1S/C13H24N2O4S/c1-9-4-6-15(11(8-9)12(16)17)13(18)14-10(2)5-7-20(3)19/h9-11H,4-8H2,1-3H3,(H,14,18)(H,16,17). The predicted molar refractivity (Wildman–Crippen MR) is 78.1 cm³/mol. The van der Waals surface area contributed by atoms with E-state index in [0.29, 0.717) is 31.1 Å². The molecule has 0 bridgehead atoms. The minimum Gasteiger partial charge on any atom is -0.480 e. The normalized spacial score (nSPS) is 25.9. The van der Waals surface area contributed by atoms with Crippen LogP contribution in [0.5, 0.6) is 0 Å². The summed E-state index contributed by atoms with van der Waals surface area (Å²) in [5.74, 6) is -0.102. The number of amides is 2. The van der Waals surface area contributed by atoms with Crippen LogP contribution < -0.4 is 5.32 Å². The number of carbonyl (C=O) groups is 2. The summed E-state index contributed by atoms with van der Waals surface area (Å²) in [5, 5.41) is 12.0. The van der Waals surface area contributed by atoms with E-state index in [-0.39, 0.29) is 12.1 Å². The maximum atomic E-state index is 12.2. The number of carboxylic acids is 1. The maximum absolute atomic E-state index is 12.2. The van der Waals surface area contributed by atoms with Gasteiger partial charge >= 0.3 is 12.0 Å². The monoisotopic (exact) mass is 304 g/mol. The maximum Gasteiger partial charge on any atom is 0.326 e. The number of carbonyl (C=O) groups excluding carboxylic acids is 1. The van der Waals surface area contributed by atoms with Gasteiger partial charge in [-0.05, 0) is 32.1 Å². The van der Waals surface area contributed by atoms with Crippen LogP contribution in [0.25, 0.3) is 0 Å². The molecule has 0 aromatic rings. The van der Waals surface area contributed by atoms with Gasteiger partial charge in [-0.15, -0.1) is 0 Å². The Hall–Kier alpha value is -1.11. The molecule has 2 N–H and O–H groups in total. The summed E-state index contributed by atoms with van der Waals surface area (Å²) in [6.07, 6.45) is 3.57. The second-order valence-corrected chi connectivity index (χ2v) is 7.15. The molecule has 0 aliphatic carbocycles. The van der Waals surface area contributed by atoms with E-state index in [1.165, 1.54) is 4.90 Å². The van der Waals surface area contributed by atoms with E-state index in [0.717, 1.165) is 6.42 Å². The largest absolute Gasteiger partial charge is 0.480 e. The van der Waals surface area contributed by atoms with Gasteiger partial charge in [0.15, 0.2) is 0 Å². The van der Waals surface area contributed by atoms with Crippen LogP contribution in [0.2, 0.25) is 0 Å². The molecular formula is C13H24N2O4S. The van der Waals surface area contributed by atoms with Gasteiger partial charge < -0.3 is 15.3 Å². The summed E-state index contributed by atoms with van der Waals surface area (Å²) in [6.45, 7) is 4.31. The molecule has 0 aromatic heterocycles. The molecular weight excluding hydrogens is 280 g/mol. The van der Waals surface area contributed by atoms with Gasteiger partial charge in [0.2, 0.25) is 0 Å². The molecule has 2 amide bonds. The van der Waals surface area contributed by atoms with Crippen molar-refractivity contribution in [1.29, 1.82) is 0 Å². The smallest absolute Gasteiger partial charge is 0.326 e. The van der Waals surface area contributed by atoms with Gasteiger partial charge in [0.05, 0.1) is 0 Å². The molecule has 1 heterocycles. The molecule has 116 valence electrons. The summed E-state index contributed by atoms with van der Waals surface area (Å²) in [4.78, 5) is 24.8. The van der Waals surface area contributed by atoms with Gasteiger partial charge in [0.25, 0.3) is 0 Å². The highest BCUT2D eigenvalue weighted by Gasteiger charge is 2.35. The summed E-state index contributed by atoms with van der Waals surface area (Å²) < 4.78 is 11.0. The minimum atomic E-state index is -0.950. The zero-order valence-electron chi connectivity index (χ0n) is 12.3. The molecule has 4 atom stereocenters. The average molecular weight is 304 g/mol. The SMILES string of the molecule is CC1CCN(C(=O)NC(C)CCS(C)=O)C(C(=O)O)C1. The number of rotatable bonds is 5. The van der Waals surface area contributed by atoms with Crippen LogP contribution in [0, 0.1) is 5.92 Å². The molecule has 1 saturated heterocycles. The second-order valence-electron chi connectivity index (χ2n) is 5.59. The summed E-state index contributed by atoms with van der Waals surface area (Å²) in [6, 6.07) is -1.19. The number of piperidine rings is 1. The lowest BCUT2D eigenvalue weighted by Crippen LogP contribution is -2.54. The molecule has 0 aromatic carbocycles. The van der Waals surface area contributed by atoms with Crippen LogP contribution >= 0.6 is 0 Å². The molecule has 7 heteroatoms. The number of aliphatic carboxylic acids is 1. The topological polar surface area (TPSA) is 86.7 Å². The molecule has 4 unspecified atom stereocenters. The average Bonchev–Trinajstić information content (AvgIpc) is 2.35. The minimum absolute atomic E-state index is 0.111. The Morgan fingerprint density at radius 2 is 2.15 bits per heavy atom. The summed E-state index contributed by atoms with van der Waals surface area (Å²) >= 11 is 0. The first-order valence-corrected chi connectivity index (χ1v) is 8.64. The van der Waals surface area contributed by atoms with E-state index in [9.17, 15) is 18.9 Å². The van der Waals surface area contributed by atoms with Gasteiger partial charge in [0.1, 0.15) is 6.04 Å². The zero-order valence-corrected chi connectivity index (χ0v) is 13.1. The van der Waals surface area contributed by atoms with Gasteiger partial charge in [-0.25, -0.2) is 9.59 Å². The van der Waals surface area contributed by atoms with Crippen molar-refractivity contribution in [2.24, 2.45) is 5.92 Å². The van der Waals surface area contributed by atoms with Crippen molar-refractivity contribution in [1.82, 2.24) is 10.2 Å². The van der Waals surface area contributed by atoms with Crippen molar-refractivity contribution in [3.63, 3.8) is 0 Å². The number of likely N-dealkylation sites (tertiary alicyclic amines) is 1.